The third-order valence-electron chi connectivity index (χ3n) is 3.43. The van der Waals surface area contributed by atoms with Gasteiger partial charge in [-0.05, 0) is 18.8 Å². The highest BCUT2D eigenvalue weighted by molar-refractivity contribution is 4.76. The molecule has 0 bridgehead atoms. The van der Waals surface area contributed by atoms with Crippen LogP contribution in [0.25, 0.3) is 0 Å². The van der Waals surface area contributed by atoms with Crippen LogP contribution in [0.5, 0.6) is 0 Å². The van der Waals surface area contributed by atoms with Crippen LogP contribution >= 0.6 is 0 Å². The van der Waals surface area contributed by atoms with E-state index in [1.54, 1.807) is 14.2 Å². The molecule has 3 nitrogen and oxygen atoms in total. The van der Waals surface area contributed by atoms with Gasteiger partial charge in [0.15, 0.2) is 6.29 Å². The van der Waals surface area contributed by atoms with Gasteiger partial charge in [-0.3, -0.25) is 0 Å². The molecule has 0 aromatic heterocycles. The molecule has 3 heteroatoms. The van der Waals surface area contributed by atoms with Gasteiger partial charge >= 0.3 is 0 Å². The molecule has 90 valence electrons. The summed E-state index contributed by atoms with van der Waals surface area (Å²) in [5.41, 5.74) is 0. The van der Waals surface area contributed by atoms with Gasteiger partial charge in [-0.25, -0.2) is 0 Å². The summed E-state index contributed by atoms with van der Waals surface area (Å²) in [6, 6.07) is 0.639. The fourth-order valence-electron chi connectivity index (χ4n) is 2.31. The van der Waals surface area contributed by atoms with E-state index in [4.69, 9.17) is 9.47 Å². The lowest BCUT2D eigenvalue weighted by Crippen LogP contribution is -2.40. The number of methoxy groups -OCH3 is 2. The van der Waals surface area contributed by atoms with Crippen LogP contribution in [0.15, 0.2) is 0 Å². The highest BCUT2D eigenvalue weighted by atomic mass is 16.7. The van der Waals surface area contributed by atoms with E-state index in [0.717, 1.165) is 12.5 Å². The van der Waals surface area contributed by atoms with Crippen LogP contribution in [-0.4, -0.2) is 33.1 Å². The van der Waals surface area contributed by atoms with Crippen molar-refractivity contribution in [2.24, 2.45) is 5.92 Å². The Kier molecular flexibility index (Phi) is 6.22. The summed E-state index contributed by atoms with van der Waals surface area (Å²) in [7, 11) is 3.37. The molecule has 1 aliphatic carbocycles. The molecule has 1 saturated carbocycles. The topological polar surface area (TPSA) is 30.5 Å². The number of ether oxygens (including phenoxy) is 2. The second kappa shape index (κ2) is 7.20. The molecule has 1 aliphatic rings. The lowest BCUT2D eigenvalue weighted by molar-refractivity contribution is -0.100. The Morgan fingerprint density at radius 3 is 2.47 bits per heavy atom. The van der Waals surface area contributed by atoms with Crippen molar-refractivity contribution in [1.29, 1.82) is 0 Å². The van der Waals surface area contributed by atoms with Crippen molar-refractivity contribution in [2.45, 2.75) is 51.4 Å². The fourth-order valence-corrected chi connectivity index (χ4v) is 2.31. The molecule has 15 heavy (non-hydrogen) atoms. The molecule has 1 rings (SSSR count). The first-order valence-corrected chi connectivity index (χ1v) is 6.07. The summed E-state index contributed by atoms with van der Waals surface area (Å²) < 4.78 is 10.3. The van der Waals surface area contributed by atoms with E-state index in [9.17, 15) is 0 Å². The summed E-state index contributed by atoms with van der Waals surface area (Å²) >= 11 is 0. The fraction of sp³-hybridized carbons (Fsp3) is 1.00. The largest absolute Gasteiger partial charge is 0.355 e. The SMILES string of the molecule is COC(CNC1CCCCCC1C)OC. The molecule has 1 fully saturated rings. The van der Waals surface area contributed by atoms with Crippen molar-refractivity contribution in [3.05, 3.63) is 0 Å². The van der Waals surface area contributed by atoms with Crippen LogP contribution in [0.4, 0.5) is 0 Å². The second-order valence-corrected chi connectivity index (χ2v) is 4.53. The Morgan fingerprint density at radius 1 is 1.13 bits per heavy atom. The normalized spacial score (nSPS) is 28.0. The van der Waals surface area contributed by atoms with E-state index >= 15 is 0 Å². The van der Waals surface area contributed by atoms with Crippen molar-refractivity contribution >= 4 is 0 Å². The van der Waals surface area contributed by atoms with Gasteiger partial charge < -0.3 is 14.8 Å². The van der Waals surface area contributed by atoms with Gasteiger partial charge in [-0.15, -0.1) is 0 Å². The maximum atomic E-state index is 5.17. The van der Waals surface area contributed by atoms with E-state index in [1.807, 2.05) is 0 Å². The standard InChI is InChI=1S/C12H25NO2/c1-10-7-5-4-6-8-11(10)13-9-12(14-2)15-3/h10-13H,4-9H2,1-3H3. The molecule has 0 amide bonds. The Labute approximate surface area is 93.5 Å². The Hall–Kier alpha value is -0.120. The second-order valence-electron chi connectivity index (χ2n) is 4.53. The summed E-state index contributed by atoms with van der Waals surface area (Å²) in [5, 5.41) is 3.56. The van der Waals surface area contributed by atoms with Crippen LogP contribution < -0.4 is 5.32 Å². The third-order valence-corrected chi connectivity index (χ3v) is 3.43. The quantitative estimate of drug-likeness (QED) is 0.563. The molecule has 2 atom stereocenters. The molecule has 0 radical (unpaired) electrons. The van der Waals surface area contributed by atoms with Crippen molar-refractivity contribution < 1.29 is 9.47 Å². The van der Waals surface area contributed by atoms with Crippen molar-refractivity contribution in [3.8, 4) is 0 Å². The van der Waals surface area contributed by atoms with Crippen molar-refractivity contribution in [2.75, 3.05) is 20.8 Å². The zero-order valence-electron chi connectivity index (χ0n) is 10.3. The maximum absolute atomic E-state index is 5.17. The minimum Gasteiger partial charge on any atom is -0.355 e. The molecule has 0 aromatic rings. The predicted octanol–water partition coefficient (Wildman–Crippen LogP) is 2.16. The molecular weight excluding hydrogens is 190 g/mol. The highest BCUT2D eigenvalue weighted by Gasteiger charge is 2.20. The summed E-state index contributed by atoms with van der Waals surface area (Å²) in [6.07, 6.45) is 6.66. The van der Waals surface area contributed by atoms with Gasteiger partial charge in [0.25, 0.3) is 0 Å². The molecule has 0 saturated heterocycles. The molecule has 2 unspecified atom stereocenters. The van der Waals surface area contributed by atoms with Gasteiger partial charge in [0.05, 0.1) is 0 Å². The van der Waals surface area contributed by atoms with Gasteiger partial charge in [0.2, 0.25) is 0 Å². The van der Waals surface area contributed by atoms with Crippen LogP contribution in [0.2, 0.25) is 0 Å². The van der Waals surface area contributed by atoms with Gasteiger partial charge in [0.1, 0.15) is 0 Å². The number of hydrogen-bond acceptors (Lipinski definition) is 3. The first kappa shape index (κ1) is 12.9. The van der Waals surface area contributed by atoms with Gasteiger partial charge in [0, 0.05) is 26.8 Å². The van der Waals surface area contributed by atoms with Crippen LogP contribution in [0.3, 0.4) is 0 Å². The van der Waals surface area contributed by atoms with Crippen molar-refractivity contribution in [3.63, 3.8) is 0 Å². The lowest BCUT2D eigenvalue weighted by atomic mass is 9.97. The highest BCUT2D eigenvalue weighted by Crippen LogP contribution is 2.22. The van der Waals surface area contributed by atoms with Gasteiger partial charge in [-0.2, -0.15) is 0 Å². The van der Waals surface area contributed by atoms with E-state index in [2.05, 4.69) is 12.2 Å². The minimum atomic E-state index is -0.111. The van der Waals surface area contributed by atoms with E-state index in [0.29, 0.717) is 6.04 Å². The summed E-state index contributed by atoms with van der Waals surface area (Å²) in [6.45, 7) is 3.14. The average Bonchev–Trinajstić information content (AvgIpc) is 2.45. The first-order valence-electron chi connectivity index (χ1n) is 6.07. The summed E-state index contributed by atoms with van der Waals surface area (Å²) in [5.74, 6) is 0.780. The molecular formula is C12H25NO2. The number of hydrogen-bond donors (Lipinski definition) is 1. The maximum Gasteiger partial charge on any atom is 0.169 e. The smallest absolute Gasteiger partial charge is 0.169 e. The van der Waals surface area contributed by atoms with Crippen LogP contribution in [0.1, 0.15) is 39.0 Å². The lowest BCUT2D eigenvalue weighted by Gasteiger charge is -2.25. The van der Waals surface area contributed by atoms with E-state index in [-0.39, 0.29) is 6.29 Å². The van der Waals surface area contributed by atoms with E-state index in [1.165, 1.54) is 32.1 Å². The van der Waals surface area contributed by atoms with Crippen molar-refractivity contribution in [1.82, 2.24) is 5.32 Å². The number of nitrogens with one attached hydrogen (secondary N) is 1. The van der Waals surface area contributed by atoms with Crippen LogP contribution in [-0.2, 0) is 9.47 Å². The molecule has 0 spiro atoms. The molecule has 0 aromatic carbocycles. The Bertz CT molecular complexity index is 160. The molecule has 0 heterocycles. The third kappa shape index (κ3) is 4.49. The zero-order valence-corrected chi connectivity index (χ0v) is 10.3. The predicted molar refractivity (Wildman–Crippen MR) is 61.8 cm³/mol. The Morgan fingerprint density at radius 2 is 1.80 bits per heavy atom. The number of rotatable bonds is 5. The molecule has 1 N–H and O–H groups in total. The Balaban J connectivity index is 2.28. The van der Waals surface area contributed by atoms with Crippen LogP contribution in [0, 0.1) is 5.92 Å². The van der Waals surface area contributed by atoms with Gasteiger partial charge in [-0.1, -0.05) is 26.2 Å². The minimum absolute atomic E-state index is 0.111. The monoisotopic (exact) mass is 215 g/mol. The average molecular weight is 215 g/mol. The molecule has 0 aliphatic heterocycles. The summed E-state index contributed by atoms with van der Waals surface area (Å²) in [4.78, 5) is 0. The van der Waals surface area contributed by atoms with E-state index < -0.39 is 0 Å². The zero-order chi connectivity index (χ0) is 11.1. The first-order chi connectivity index (χ1) is 7.27.